The molecule has 1 aromatic carbocycles. The number of ether oxygens (including phenoxy) is 1. The minimum absolute atomic E-state index is 0.568. The summed E-state index contributed by atoms with van der Waals surface area (Å²) in [5.74, 6) is 0.922. The summed E-state index contributed by atoms with van der Waals surface area (Å²) in [5.41, 5.74) is 1.04. The smallest absolute Gasteiger partial charge is 0.183 e. The van der Waals surface area contributed by atoms with Crippen molar-refractivity contribution >= 4 is 26.7 Å². The van der Waals surface area contributed by atoms with Crippen LogP contribution in [-0.4, -0.2) is 42.2 Å². The van der Waals surface area contributed by atoms with Gasteiger partial charge in [0.2, 0.25) is 0 Å². The van der Waals surface area contributed by atoms with Crippen LogP contribution in [0, 0.1) is 0 Å². The zero-order chi connectivity index (χ0) is 14.7. The van der Waals surface area contributed by atoms with E-state index in [-0.39, 0.29) is 0 Å². The third-order valence-electron chi connectivity index (χ3n) is 3.98. The Kier molecular flexibility index (Phi) is 4.60. The Morgan fingerprint density at radius 2 is 2.19 bits per heavy atom. The topological polar surface area (TPSA) is 37.4 Å². The molecule has 4 nitrogen and oxygen atoms in total. The molecule has 21 heavy (non-hydrogen) atoms. The van der Waals surface area contributed by atoms with Crippen molar-refractivity contribution in [3.8, 4) is 5.75 Å². The highest BCUT2D eigenvalue weighted by Crippen LogP contribution is 2.29. The molecule has 2 aromatic rings. The first kappa shape index (κ1) is 14.6. The molecule has 0 spiro atoms. The number of benzene rings is 1. The second kappa shape index (κ2) is 6.62. The molecule has 0 bridgehead atoms. The Morgan fingerprint density at radius 1 is 1.38 bits per heavy atom. The Labute approximate surface area is 130 Å². The highest BCUT2D eigenvalue weighted by atomic mass is 32.1. The van der Waals surface area contributed by atoms with Gasteiger partial charge in [0, 0.05) is 12.6 Å². The quantitative estimate of drug-likeness (QED) is 0.885. The third kappa shape index (κ3) is 3.47. The van der Waals surface area contributed by atoms with Gasteiger partial charge in [0.25, 0.3) is 0 Å². The fourth-order valence-corrected chi connectivity index (χ4v) is 3.68. The van der Waals surface area contributed by atoms with Crippen LogP contribution in [0.25, 0.3) is 10.2 Å². The highest BCUT2D eigenvalue weighted by molar-refractivity contribution is 7.22. The first-order chi connectivity index (χ1) is 10.3. The van der Waals surface area contributed by atoms with Gasteiger partial charge in [-0.25, -0.2) is 4.98 Å². The van der Waals surface area contributed by atoms with Crippen molar-refractivity contribution in [2.75, 3.05) is 31.6 Å². The Bertz CT molecular complexity index is 592. The van der Waals surface area contributed by atoms with E-state index in [1.165, 1.54) is 30.6 Å². The first-order valence-corrected chi connectivity index (χ1v) is 8.59. The lowest BCUT2D eigenvalue weighted by atomic mass is 10.3. The minimum Gasteiger partial charge on any atom is -0.494 e. The van der Waals surface area contributed by atoms with Crippen LogP contribution in [-0.2, 0) is 0 Å². The normalized spacial score (nSPS) is 17.2. The lowest BCUT2D eigenvalue weighted by molar-refractivity contribution is 0.269. The van der Waals surface area contributed by atoms with Crippen LogP contribution >= 0.6 is 11.3 Å². The molecule has 1 unspecified atom stereocenters. The van der Waals surface area contributed by atoms with Gasteiger partial charge in [-0.2, -0.15) is 0 Å². The largest absolute Gasteiger partial charge is 0.494 e. The van der Waals surface area contributed by atoms with Gasteiger partial charge in [0.15, 0.2) is 5.13 Å². The van der Waals surface area contributed by atoms with E-state index in [2.05, 4.69) is 28.2 Å². The van der Waals surface area contributed by atoms with E-state index in [4.69, 9.17) is 4.74 Å². The molecule has 0 radical (unpaired) electrons. The molecule has 1 aliphatic heterocycles. The Morgan fingerprint density at radius 3 is 2.95 bits per heavy atom. The maximum Gasteiger partial charge on any atom is 0.183 e. The SMILES string of the molecule is CCOc1ccc2nc(NCC(C)N3CCCC3)sc2c1. The first-order valence-electron chi connectivity index (χ1n) is 7.77. The molecular formula is C16H23N3OS. The molecule has 0 saturated carbocycles. The van der Waals surface area contributed by atoms with Crippen molar-refractivity contribution in [1.82, 2.24) is 9.88 Å². The molecule has 0 aliphatic carbocycles. The second-order valence-electron chi connectivity index (χ2n) is 5.55. The van der Waals surface area contributed by atoms with Crippen LogP contribution in [0.5, 0.6) is 5.75 Å². The molecule has 114 valence electrons. The number of fused-ring (bicyclic) bond motifs is 1. The van der Waals surface area contributed by atoms with E-state index in [1.54, 1.807) is 11.3 Å². The van der Waals surface area contributed by atoms with Gasteiger partial charge in [-0.15, -0.1) is 0 Å². The average Bonchev–Trinajstić information content (AvgIpc) is 3.13. The number of hydrogen-bond acceptors (Lipinski definition) is 5. The number of rotatable bonds is 6. The van der Waals surface area contributed by atoms with Crippen LogP contribution < -0.4 is 10.1 Å². The van der Waals surface area contributed by atoms with Crippen molar-refractivity contribution in [1.29, 1.82) is 0 Å². The lowest BCUT2D eigenvalue weighted by Crippen LogP contribution is -2.35. The van der Waals surface area contributed by atoms with Gasteiger partial charge in [-0.3, -0.25) is 4.90 Å². The summed E-state index contributed by atoms with van der Waals surface area (Å²) in [7, 11) is 0. The second-order valence-corrected chi connectivity index (χ2v) is 6.59. The molecule has 1 atom stereocenters. The van der Waals surface area contributed by atoms with Crippen molar-refractivity contribution in [3.63, 3.8) is 0 Å². The average molecular weight is 305 g/mol. The summed E-state index contributed by atoms with van der Waals surface area (Å²) in [4.78, 5) is 7.19. The number of hydrogen-bond donors (Lipinski definition) is 1. The monoisotopic (exact) mass is 305 g/mol. The van der Waals surface area contributed by atoms with Crippen molar-refractivity contribution in [3.05, 3.63) is 18.2 Å². The molecule has 1 aliphatic rings. The van der Waals surface area contributed by atoms with Gasteiger partial charge in [0.1, 0.15) is 5.75 Å². The predicted molar refractivity (Wildman–Crippen MR) is 89.5 cm³/mol. The molecular weight excluding hydrogens is 282 g/mol. The molecule has 1 aromatic heterocycles. The number of thiazole rings is 1. The van der Waals surface area contributed by atoms with Gasteiger partial charge >= 0.3 is 0 Å². The fraction of sp³-hybridized carbons (Fsp3) is 0.562. The van der Waals surface area contributed by atoms with Gasteiger partial charge in [0.05, 0.1) is 16.8 Å². The number of nitrogens with zero attached hydrogens (tertiary/aromatic N) is 2. The summed E-state index contributed by atoms with van der Waals surface area (Å²) in [6.07, 6.45) is 2.68. The zero-order valence-electron chi connectivity index (χ0n) is 12.8. The van der Waals surface area contributed by atoms with E-state index < -0.39 is 0 Å². The lowest BCUT2D eigenvalue weighted by Gasteiger charge is -2.23. The third-order valence-corrected chi connectivity index (χ3v) is 4.96. The summed E-state index contributed by atoms with van der Waals surface area (Å²) in [6, 6.07) is 6.66. The van der Waals surface area contributed by atoms with Gasteiger partial charge in [-0.1, -0.05) is 11.3 Å². The van der Waals surface area contributed by atoms with E-state index in [0.717, 1.165) is 22.9 Å². The number of nitrogens with one attached hydrogen (secondary N) is 1. The van der Waals surface area contributed by atoms with E-state index in [9.17, 15) is 0 Å². The number of anilines is 1. The molecule has 3 rings (SSSR count). The number of aromatic nitrogens is 1. The molecule has 0 amide bonds. The van der Waals surface area contributed by atoms with Crippen LogP contribution in [0.4, 0.5) is 5.13 Å². The Balaban J connectivity index is 1.63. The van der Waals surface area contributed by atoms with Gasteiger partial charge < -0.3 is 10.1 Å². The summed E-state index contributed by atoms with van der Waals surface area (Å²) in [6.45, 7) is 8.42. The standard InChI is InChI=1S/C16H23N3OS/c1-3-20-13-6-7-14-15(10-13)21-16(18-14)17-11-12(2)19-8-4-5-9-19/h6-7,10,12H,3-5,8-9,11H2,1-2H3,(H,17,18). The van der Waals surface area contributed by atoms with Crippen LogP contribution in [0.1, 0.15) is 26.7 Å². The predicted octanol–water partition coefficient (Wildman–Crippen LogP) is 3.59. The van der Waals surface area contributed by atoms with Crippen molar-refractivity contribution in [2.45, 2.75) is 32.7 Å². The maximum atomic E-state index is 5.54. The van der Waals surface area contributed by atoms with Crippen molar-refractivity contribution in [2.24, 2.45) is 0 Å². The van der Waals surface area contributed by atoms with Crippen LogP contribution in [0.15, 0.2) is 18.2 Å². The minimum atomic E-state index is 0.568. The van der Waals surface area contributed by atoms with Crippen molar-refractivity contribution < 1.29 is 4.74 Å². The van der Waals surface area contributed by atoms with E-state index >= 15 is 0 Å². The number of likely N-dealkylation sites (tertiary alicyclic amines) is 1. The fourth-order valence-electron chi connectivity index (χ4n) is 2.78. The maximum absolute atomic E-state index is 5.54. The molecule has 1 saturated heterocycles. The summed E-state index contributed by atoms with van der Waals surface area (Å²) >= 11 is 1.70. The molecule has 2 heterocycles. The van der Waals surface area contributed by atoms with E-state index in [0.29, 0.717) is 12.6 Å². The van der Waals surface area contributed by atoms with Crippen LogP contribution in [0.3, 0.4) is 0 Å². The van der Waals surface area contributed by atoms with Crippen LogP contribution in [0.2, 0.25) is 0 Å². The summed E-state index contributed by atoms with van der Waals surface area (Å²) < 4.78 is 6.72. The van der Waals surface area contributed by atoms with E-state index in [1.807, 2.05) is 19.1 Å². The molecule has 1 fully saturated rings. The molecule has 5 heteroatoms. The Hall–Kier alpha value is -1.33. The summed E-state index contributed by atoms with van der Waals surface area (Å²) in [5, 5.41) is 4.49. The zero-order valence-corrected chi connectivity index (χ0v) is 13.6. The van der Waals surface area contributed by atoms with Gasteiger partial charge in [-0.05, 0) is 58.0 Å². The molecule has 1 N–H and O–H groups in total. The highest BCUT2D eigenvalue weighted by Gasteiger charge is 2.18.